The average molecular weight is 318 g/mol. The molecule has 5 heteroatoms. The Labute approximate surface area is 139 Å². The minimum Gasteiger partial charge on any atom is -0.383 e. The number of hydrogen-bond acceptors (Lipinski definition) is 4. The number of imidazole rings is 1. The maximum atomic E-state index is 5.03. The summed E-state index contributed by atoms with van der Waals surface area (Å²) in [6, 6.07) is 16.8. The number of aromatic amines is 1. The molecule has 0 saturated heterocycles. The standard InChI is InChI=1S/C19H18N4O/c1-24-9-8-20-19-22-17-11-16(21-12-18(17)23-19)15-7-6-13-4-2-3-5-14(13)10-15/h2-7,10-12H,8-9H2,1H3,(H2,20,22,23). The van der Waals surface area contributed by atoms with Crippen LogP contribution >= 0.6 is 0 Å². The van der Waals surface area contributed by atoms with Crippen molar-refractivity contribution in [1.29, 1.82) is 0 Å². The normalized spacial score (nSPS) is 11.2. The van der Waals surface area contributed by atoms with E-state index < -0.39 is 0 Å². The first-order valence-corrected chi connectivity index (χ1v) is 7.91. The average Bonchev–Trinajstić information content (AvgIpc) is 3.03. The highest BCUT2D eigenvalue weighted by atomic mass is 16.5. The number of pyridine rings is 1. The number of fused-ring (bicyclic) bond motifs is 2. The van der Waals surface area contributed by atoms with Gasteiger partial charge in [-0.05, 0) is 22.9 Å². The predicted molar refractivity (Wildman–Crippen MR) is 97.2 cm³/mol. The van der Waals surface area contributed by atoms with Gasteiger partial charge in [0.25, 0.3) is 0 Å². The third-order valence-corrected chi connectivity index (χ3v) is 4.01. The van der Waals surface area contributed by atoms with E-state index in [-0.39, 0.29) is 0 Å². The topological polar surface area (TPSA) is 62.8 Å². The number of ether oxygens (including phenoxy) is 1. The number of benzene rings is 2. The summed E-state index contributed by atoms with van der Waals surface area (Å²) in [5.74, 6) is 0.736. The monoisotopic (exact) mass is 318 g/mol. The van der Waals surface area contributed by atoms with Crippen molar-refractivity contribution in [1.82, 2.24) is 15.0 Å². The second-order valence-electron chi connectivity index (χ2n) is 5.65. The van der Waals surface area contributed by atoms with E-state index in [1.54, 1.807) is 13.3 Å². The number of aromatic nitrogens is 3. The molecule has 0 aliphatic carbocycles. The van der Waals surface area contributed by atoms with Crippen LogP contribution in [0.5, 0.6) is 0 Å². The molecule has 0 bridgehead atoms. The van der Waals surface area contributed by atoms with Crippen LogP contribution in [0.2, 0.25) is 0 Å². The summed E-state index contributed by atoms with van der Waals surface area (Å²) in [5, 5.41) is 5.64. The molecule has 0 unspecified atom stereocenters. The van der Waals surface area contributed by atoms with Gasteiger partial charge in [0, 0.05) is 19.2 Å². The van der Waals surface area contributed by atoms with Crippen LogP contribution in [0.3, 0.4) is 0 Å². The van der Waals surface area contributed by atoms with Crippen LogP contribution in [-0.4, -0.2) is 35.2 Å². The van der Waals surface area contributed by atoms with Crippen LogP contribution in [0, 0.1) is 0 Å². The second-order valence-corrected chi connectivity index (χ2v) is 5.65. The largest absolute Gasteiger partial charge is 0.383 e. The van der Waals surface area contributed by atoms with Crippen molar-refractivity contribution >= 4 is 27.8 Å². The number of H-pyrrole nitrogens is 1. The molecule has 2 N–H and O–H groups in total. The molecule has 24 heavy (non-hydrogen) atoms. The van der Waals surface area contributed by atoms with E-state index in [0.29, 0.717) is 13.2 Å². The molecule has 2 aromatic carbocycles. The summed E-state index contributed by atoms with van der Waals surface area (Å²) in [5.41, 5.74) is 3.84. The fourth-order valence-electron chi connectivity index (χ4n) is 2.78. The molecule has 5 nitrogen and oxygen atoms in total. The Morgan fingerprint density at radius 2 is 1.96 bits per heavy atom. The minimum absolute atomic E-state index is 0.637. The first-order valence-electron chi connectivity index (χ1n) is 7.91. The molecule has 2 heterocycles. The number of methoxy groups -OCH3 is 1. The van der Waals surface area contributed by atoms with Crippen molar-refractivity contribution in [2.75, 3.05) is 25.6 Å². The van der Waals surface area contributed by atoms with Crippen molar-refractivity contribution in [2.24, 2.45) is 0 Å². The Morgan fingerprint density at radius 1 is 1.08 bits per heavy atom. The van der Waals surface area contributed by atoms with Gasteiger partial charge in [0.15, 0.2) is 0 Å². The zero-order valence-electron chi connectivity index (χ0n) is 13.4. The van der Waals surface area contributed by atoms with Gasteiger partial charge in [-0.2, -0.15) is 0 Å². The molecule has 4 rings (SSSR count). The molecular weight excluding hydrogens is 300 g/mol. The van der Waals surface area contributed by atoms with Gasteiger partial charge in [0.05, 0.1) is 24.0 Å². The highest BCUT2D eigenvalue weighted by Gasteiger charge is 2.06. The van der Waals surface area contributed by atoms with Gasteiger partial charge in [-0.1, -0.05) is 36.4 Å². The number of nitrogens with one attached hydrogen (secondary N) is 2. The summed E-state index contributed by atoms with van der Waals surface area (Å²) in [6.07, 6.45) is 1.80. The highest BCUT2D eigenvalue weighted by molar-refractivity contribution is 5.88. The van der Waals surface area contributed by atoms with Crippen molar-refractivity contribution in [3.63, 3.8) is 0 Å². The van der Waals surface area contributed by atoms with Crippen molar-refractivity contribution in [3.8, 4) is 11.3 Å². The number of anilines is 1. The van der Waals surface area contributed by atoms with E-state index in [4.69, 9.17) is 4.74 Å². The van der Waals surface area contributed by atoms with E-state index in [1.165, 1.54) is 10.8 Å². The van der Waals surface area contributed by atoms with E-state index in [2.05, 4.69) is 62.7 Å². The summed E-state index contributed by atoms with van der Waals surface area (Å²) in [7, 11) is 1.68. The molecule has 0 amide bonds. The Morgan fingerprint density at radius 3 is 2.83 bits per heavy atom. The smallest absolute Gasteiger partial charge is 0.201 e. The summed E-state index contributed by atoms with van der Waals surface area (Å²) in [4.78, 5) is 12.3. The van der Waals surface area contributed by atoms with E-state index in [1.807, 2.05) is 6.07 Å². The molecule has 4 aromatic rings. The maximum Gasteiger partial charge on any atom is 0.201 e. The second kappa shape index (κ2) is 6.29. The number of rotatable bonds is 5. The number of nitrogens with zero attached hydrogens (tertiary/aromatic N) is 2. The van der Waals surface area contributed by atoms with Gasteiger partial charge in [-0.25, -0.2) is 4.98 Å². The molecule has 2 aromatic heterocycles. The zero-order chi connectivity index (χ0) is 16.4. The molecule has 0 aliphatic heterocycles. The van der Waals surface area contributed by atoms with Crippen LogP contribution in [0.1, 0.15) is 0 Å². The Hall–Kier alpha value is -2.92. The van der Waals surface area contributed by atoms with Crippen LogP contribution in [0.4, 0.5) is 5.95 Å². The van der Waals surface area contributed by atoms with E-state index in [9.17, 15) is 0 Å². The first-order chi connectivity index (χ1) is 11.8. The lowest BCUT2D eigenvalue weighted by molar-refractivity contribution is 0.210. The summed E-state index contributed by atoms with van der Waals surface area (Å²) >= 11 is 0. The van der Waals surface area contributed by atoms with Crippen molar-refractivity contribution < 1.29 is 4.74 Å². The zero-order valence-corrected chi connectivity index (χ0v) is 13.4. The molecular formula is C19H18N4O. The molecule has 0 saturated carbocycles. The SMILES string of the molecule is COCCNc1nc2cnc(-c3ccc4ccccc4c3)cc2[nH]1. The lowest BCUT2D eigenvalue weighted by Gasteiger charge is -2.03. The molecule has 0 atom stereocenters. The third-order valence-electron chi connectivity index (χ3n) is 4.01. The van der Waals surface area contributed by atoms with E-state index in [0.717, 1.165) is 28.2 Å². The molecule has 0 aliphatic rings. The fourth-order valence-corrected chi connectivity index (χ4v) is 2.78. The molecule has 0 radical (unpaired) electrons. The van der Waals surface area contributed by atoms with Gasteiger partial charge in [0.1, 0.15) is 5.52 Å². The Kier molecular flexibility index (Phi) is 3.84. The number of hydrogen-bond donors (Lipinski definition) is 2. The Bertz CT molecular complexity index is 993. The lowest BCUT2D eigenvalue weighted by Crippen LogP contribution is -2.08. The highest BCUT2D eigenvalue weighted by Crippen LogP contribution is 2.25. The fraction of sp³-hybridized carbons (Fsp3) is 0.158. The molecule has 120 valence electrons. The van der Waals surface area contributed by atoms with Crippen LogP contribution in [-0.2, 0) is 4.74 Å². The Balaban J connectivity index is 1.68. The quantitative estimate of drug-likeness (QED) is 0.549. The minimum atomic E-state index is 0.637. The predicted octanol–water partition coefficient (Wildman–Crippen LogP) is 3.84. The molecule has 0 fully saturated rings. The maximum absolute atomic E-state index is 5.03. The van der Waals surface area contributed by atoms with Crippen LogP contribution < -0.4 is 5.32 Å². The van der Waals surface area contributed by atoms with Crippen molar-refractivity contribution in [3.05, 3.63) is 54.7 Å². The summed E-state index contributed by atoms with van der Waals surface area (Å²) in [6.45, 7) is 1.35. The van der Waals surface area contributed by atoms with Gasteiger partial charge >= 0.3 is 0 Å². The molecule has 0 spiro atoms. The summed E-state index contributed by atoms with van der Waals surface area (Å²) < 4.78 is 5.03. The van der Waals surface area contributed by atoms with Gasteiger partial charge in [-0.15, -0.1) is 0 Å². The van der Waals surface area contributed by atoms with Gasteiger partial charge in [-0.3, -0.25) is 4.98 Å². The van der Waals surface area contributed by atoms with Gasteiger partial charge in [0.2, 0.25) is 5.95 Å². The van der Waals surface area contributed by atoms with Gasteiger partial charge < -0.3 is 15.0 Å². The van der Waals surface area contributed by atoms with Crippen LogP contribution in [0.25, 0.3) is 33.1 Å². The van der Waals surface area contributed by atoms with E-state index >= 15 is 0 Å². The third kappa shape index (κ3) is 2.81. The van der Waals surface area contributed by atoms with Crippen molar-refractivity contribution in [2.45, 2.75) is 0 Å². The first kappa shape index (κ1) is 14.7. The van der Waals surface area contributed by atoms with Crippen LogP contribution in [0.15, 0.2) is 54.7 Å². The lowest BCUT2D eigenvalue weighted by atomic mass is 10.0.